The molecule has 5 heteroatoms. The van der Waals surface area contributed by atoms with E-state index in [1.807, 2.05) is 0 Å². The van der Waals surface area contributed by atoms with Crippen molar-refractivity contribution >= 4 is 19.3 Å². The number of carbonyl (C=O) groups is 1. The highest BCUT2D eigenvalue weighted by molar-refractivity contribution is 6.34. The summed E-state index contributed by atoms with van der Waals surface area (Å²) in [5.74, 6) is -2.54. The van der Waals surface area contributed by atoms with Crippen LogP contribution in [0.4, 0.5) is 4.39 Å². The number of carboxylic acids is 1. The van der Waals surface area contributed by atoms with Crippen LogP contribution in [0.15, 0.2) is 12.1 Å². The van der Waals surface area contributed by atoms with Gasteiger partial charge in [0.1, 0.15) is 13.6 Å². The van der Waals surface area contributed by atoms with Crippen molar-refractivity contribution in [2.75, 3.05) is 7.11 Å². The van der Waals surface area contributed by atoms with Gasteiger partial charge >= 0.3 is 5.97 Å². The molecule has 2 radical (unpaired) electrons. The van der Waals surface area contributed by atoms with Crippen molar-refractivity contribution in [2.24, 2.45) is 0 Å². The summed E-state index contributed by atoms with van der Waals surface area (Å²) in [6.07, 6.45) is 0. The van der Waals surface area contributed by atoms with Crippen molar-refractivity contribution in [2.45, 2.75) is 0 Å². The first-order valence-corrected chi connectivity index (χ1v) is 3.43. The Hall–Kier alpha value is -1.52. The fourth-order valence-corrected chi connectivity index (χ4v) is 0.944. The van der Waals surface area contributed by atoms with Gasteiger partial charge in [0.25, 0.3) is 0 Å². The lowest BCUT2D eigenvalue weighted by Gasteiger charge is -2.07. The highest BCUT2D eigenvalue weighted by atomic mass is 19.1. The van der Waals surface area contributed by atoms with E-state index < -0.39 is 17.3 Å². The summed E-state index contributed by atoms with van der Waals surface area (Å²) in [5.41, 5.74) is -0.379. The molecule has 0 saturated heterocycles. The predicted molar refractivity (Wildman–Crippen MR) is 45.3 cm³/mol. The topological polar surface area (TPSA) is 46.5 Å². The van der Waals surface area contributed by atoms with E-state index >= 15 is 0 Å². The SMILES string of the molecule is [B]c1ccc(C(=O)O)c(F)c1OC. The van der Waals surface area contributed by atoms with Crippen LogP contribution < -0.4 is 10.2 Å². The molecule has 0 saturated carbocycles. The summed E-state index contributed by atoms with van der Waals surface area (Å²) in [5, 5.41) is 8.54. The fraction of sp³-hybridized carbons (Fsp3) is 0.125. The minimum atomic E-state index is -1.35. The average Bonchev–Trinajstić information content (AvgIpc) is 2.04. The molecule has 13 heavy (non-hydrogen) atoms. The molecule has 0 aliphatic rings. The first kappa shape index (κ1) is 9.57. The van der Waals surface area contributed by atoms with Gasteiger partial charge in [-0.1, -0.05) is 11.5 Å². The van der Waals surface area contributed by atoms with E-state index in [1.54, 1.807) is 0 Å². The zero-order chi connectivity index (χ0) is 10.0. The third-order valence-corrected chi connectivity index (χ3v) is 1.56. The summed E-state index contributed by atoms with van der Waals surface area (Å²) < 4.78 is 17.8. The Morgan fingerprint density at radius 3 is 2.69 bits per heavy atom. The zero-order valence-electron chi connectivity index (χ0n) is 6.87. The van der Waals surface area contributed by atoms with Crippen LogP contribution in [-0.2, 0) is 0 Å². The highest BCUT2D eigenvalue weighted by Gasteiger charge is 2.15. The van der Waals surface area contributed by atoms with Gasteiger partial charge in [0, 0.05) is 0 Å². The predicted octanol–water partition coefficient (Wildman–Crippen LogP) is 0.326. The maximum absolute atomic E-state index is 13.2. The lowest BCUT2D eigenvalue weighted by molar-refractivity contribution is 0.0691. The van der Waals surface area contributed by atoms with Gasteiger partial charge in [-0.05, 0) is 6.07 Å². The number of hydrogen-bond acceptors (Lipinski definition) is 2. The molecular formula is C8H6BFO3. The summed E-state index contributed by atoms with van der Waals surface area (Å²) in [6, 6.07) is 2.38. The van der Waals surface area contributed by atoms with Crippen LogP contribution in [0.5, 0.6) is 5.75 Å². The third kappa shape index (κ3) is 1.64. The molecule has 1 N–H and O–H groups in total. The van der Waals surface area contributed by atoms with Crippen LogP contribution in [0.1, 0.15) is 10.4 Å². The summed E-state index contributed by atoms with van der Waals surface area (Å²) in [6.45, 7) is 0. The van der Waals surface area contributed by atoms with E-state index in [0.717, 1.165) is 6.07 Å². The molecule has 66 valence electrons. The van der Waals surface area contributed by atoms with E-state index in [4.69, 9.17) is 13.0 Å². The quantitative estimate of drug-likeness (QED) is 0.666. The van der Waals surface area contributed by atoms with Gasteiger partial charge in [-0.25, -0.2) is 9.18 Å². The second-order valence-corrected chi connectivity index (χ2v) is 2.35. The monoisotopic (exact) mass is 180 g/mol. The first-order chi connectivity index (χ1) is 6.07. The number of carboxylic acid groups (broad SMARTS) is 1. The number of rotatable bonds is 2. The molecule has 3 nitrogen and oxygen atoms in total. The number of ether oxygens (including phenoxy) is 1. The van der Waals surface area contributed by atoms with Crippen LogP contribution in [0.3, 0.4) is 0 Å². The number of aromatic carboxylic acids is 1. The molecule has 0 aliphatic heterocycles. The molecule has 1 rings (SSSR count). The molecule has 0 unspecified atom stereocenters. The van der Waals surface area contributed by atoms with E-state index in [-0.39, 0.29) is 11.2 Å². The van der Waals surface area contributed by atoms with Crippen LogP contribution >= 0.6 is 0 Å². The molecule has 1 aromatic rings. The van der Waals surface area contributed by atoms with Gasteiger partial charge in [0.05, 0.1) is 12.7 Å². The Bertz CT molecular complexity index is 351. The Balaban J connectivity index is 3.35. The summed E-state index contributed by atoms with van der Waals surface area (Å²) in [4.78, 5) is 10.5. The lowest BCUT2D eigenvalue weighted by atomic mass is 9.93. The van der Waals surface area contributed by atoms with Crippen LogP contribution in [0.2, 0.25) is 0 Å². The Morgan fingerprint density at radius 2 is 2.23 bits per heavy atom. The maximum atomic E-state index is 13.2. The molecule has 0 fully saturated rings. The van der Waals surface area contributed by atoms with Gasteiger partial charge in [0.15, 0.2) is 5.82 Å². The zero-order valence-corrected chi connectivity index (χ0v) is 6.87. The Morgan fingerprint density at radius 1 is 1.62 bits per heavy atom. The van der Waals surface area contributed by atoms with Crippen molar-refractivity contribution in [1.29, 1.82) is 0 Å². The molecular weight excluding hydrogens is 174 g/mol. The largest absolute Gasteiger partial charge is 0.494 e. The average molecular weight is 180 g/mol. The molecule has 0 aromatic heterocycles. The second kappa shape index (κ2) is 3.47. The van der Waals surface area contributed by atoms with Crippen molar-refractivity contribution < 1.29 is 19.0 Å². The Kier molecular flexibility index (Phi) is 2.56. The van der Waals surface area contributed by atoms with Gasteiger partial charge in [-0.3, -0.25) is 0 Å². The van der Waals surface area contributed by atoms with E-state index in [1.165, 1.54) is 13.2 Å². The van der Waals surface area contributed by atoms with Gasteiger partial charge < -0.3 is 9.84 Å². The minimum absolute atomic E-state index is 0.0741. The molecule has 0 heterocycles. The van der Waals surface area contributed by atoms with E-state index in [2.05, 4.69) is 4.74 Å². The molecule has 0 amide bonds. The normalized spacial score (nSPS) is 9.69. The van der Waals surface area contributed by atoms with Crippen molar-refractivity contribution in [3.63, 3.8) is 0 Å². The highest BCUT2D eigenvalue weighted by Crippen LogP contribution is 2.17. The van der Waals surface area contributed by atoms with Crippen molar-refractivity contribution in [3.05, 3.63) is 23.5 Å². The van der Waals surface area contributed by atoms with Crippen molar-refractivity contribution in [1.82, 2.24) is 0 Å². The number of halogens is 1. The standard InChI is InChI=1S/C8H6BFO3/c1-13-7-5(9)3-2-4(6(7)10)8(11)12/h2-3H,1H3,(H,11,12). The summed E-state index contributed by atoms with van der Waals surface area (Å²) >= 11 is 0. The number of benzene rings is 1. The molecule has 0 aliphatic carbocycles. The molecule has 1 aromatic carbocycles. The van der Waals surface area contributed by atoms with Gasteiger partial charge in [-0.15, -0.1) is 0 Å². The number of methoxy groups -OCH3 is 1. The maximum Gasteiger partial charge on any atom is 0.338 e. The smallest absolute Gasteiger partial charge is 0.338 e. The molecule has 0 bridgehead atoms. The van der Waals surface area contributed by atoms with Crippen LogP contribution in [0, 0.1) is 5.82 Å². The van der Waals surface area contributed by atoms with Crippen LogP contribution in [0.25, 0.3) is 0 Å². The van der Waals surface area contributed by atoms with E-state index in [0.29, 0.717) is 0 Å². The van der Waals surface area contributed by atoms with E-state index in [9.17, 15) is 9.18 Å². The van der Waals surface area contributed by atoms with Crippen molar-refractivity contribution in [3.8, 4) is 5.75 Å². The molecule has 0 spiro atoms. The Labute approximate surface area is 75.5 Å². The van der Waals surface area contributed by atoms with Crippen LogP contribution in [-0.4, -0.2) is 26.0 Å². The first-order valence-electron chi connectivity index (χ1n) is 3.43. The third-order valence-electron chi connectivity index (χ3n) is 1.56. The summed E-state index contributed by atoms with van der Waals surface area (Å²) in [7, 11) is 6.57. The second-order valence-electron chi connectivity index (χ2n) is 2.35. The van der Waals surface area contributed by atoms with Gasteiger partial charge in [-0.2, -0.15) is 0 Å². The fourth-order valence-electron chi connectivity index (χ4n) is 0.944. The van der Waals surface area contributed by atoms with Gasteiger partial charge in [0.2, 0.25) is 0 Å². The minimum Gasteiger partial charge on any atom is -0.494 e. The lowest BCUT2D eigenvalue weighted by Crippen LogP contribution is -2.13. The number of hydrogen-bond donors (Lipinski definition) is 1. The molecule has 0 atom stereocenters.